The van der Waals surface area contributed by atoms with Crippen molar-refractivity contribution < 1.29 is 9.59 Å². The lowest BCUT2D eigenvalue weighted by molar-refractivity contribution is -0.144. The summed E-state index contributed by atoms with van der Waals surface area (Å²) in [6.07, 6.45) is 4.10. The van der Waals surface area contributed by atoms with Gasteiger partial charge in [0.2, 0.25) is 11.8 Å². The first-order valence-electron chi connectivity index (χ1n) is 8.98. The fourth-order valence-corrected chi connectivity index (χ4v) is 4.20. The Morgan fingerprint density at radius 2 is 2.00 bits per heavy atom. The Hall–Kier alpha value is -2.70. The summed E-state index contributed by atoms with van der Waals surface area (Å²) in [5.74, 6) is -0.0205. The quantitative estimate of drug-likeness (QED) is 0.802. The van der Waals surface area contributed by atoms with Gasteiger partial charge in [0.1, 0.15) is 6.54 Å². The number of benzene rings is 1. The molecule has 136 valence electrons. The van der Waals surface area contributed by atoms with Crippen LogP contribution in [0, 0.1) is 5.41 Å². The number of carbonyl (C=O) groups excluding carboxylic acids is 2. The van der Waals surface area contributed by atoms with Crippen molar-refractivity contribution in [2.75, 3.05) is 26.7 Å². The van der Waals surface area contributed by atoms with Crippen molar-refractivity contribution in [3.63, 3.8) is 0 Å². The van der Waals surface area contributed by atoms with Gasteiger partial charge in [0.25, 0.3) is 5.56 Å². The van der Waals surface area contributed by atoms with Crippen molar-refractivity contribution in [2.24, 2.45) is 5.41 Å². The molecule has 0 aliphatic carbocycles. The highest BCUT2D eigenvalue weighted by Crippen LogP contribution is 2.39. The number of fused-ring (bicyclic) bond motifs is 1. The van der Waals surface area contributed by atoms with Gasteiger partial charge in [-0.15, -0.1) is 0 Å². The second kappa shape index (κ2) is 6.23. The minimum Gasteiger partial charge on any atom is -0.345 e. The number of piperidine rings is 1. The van der Waals surface area contributed by atoms with Crippen LogP contribution < -0.4 is 5.56 Å². The molecule has 7 nitrogen and oxygen atoms in total. The van der Waals surface area contributed by atoms with Crippen LogP contribution in [0.25, 0.3) is 10.8 Å². The molecule has 0 unspecified atom stereocenters. The molecule has 1 spiro atoms. The zero-order chi connectivity index (χ0) is 18.3. The van der Waals surface area contributed by atoms with Crippen LogP contribution in [0.1, 0.15) is 19.3 Å². The molecule has 7 heteroatoms. The maximum absolute atomic E-state index is 12.7. The van der Waals surface area contributed by atoms with E-state index < -0.39 is 5.41 Å². The van der Waals surface area contributed by atoms with E-state index in [0.717, 1.165) is 24.8 Å². The average Bonchev–Trinajstić information content (AvgIpc) is 3.07. The maximum Gasteiger partial charge on any atom is 0.275 e. The van der Waals surface area contributed by atoms with Gasteiger partial charge in [-0.1, -0.05) is 18.2 Å². The van der Waals surface area contributed by atoms with Gasteiger partial charge in [-0.05, 0) is 25.3 Å². The molecule has 26 heavy (non-hydrogen) atoms. The predicted molar refractivity (Wildman–Crippen MR) is 96.5 cm³/mol. The van der Waals surface area contributed by atoms with Crippen LogP contribution in [0.3, 0.4) is 0 Å². The molecule has 2 aliphatic heterocycles. The standard InChI is InChI=1S/C19H22N4O3/c1-21-9-4-7-19(18(21)26)8-10-22(13-19)16(24)12-23-17(25)15-6-3-2-5-14(15)11-20-23/h2-3,5-6,11H,4,7-10,12-13H2,1H3/t19-/m0/s1. The van der Waals surface area contributed by atoms with E-state index in [1.807, 2.05) is 19.2 Å². The van der Waals surface area contributed by atoms with Gasteiger partial charge < -0.3 is 9.80 Å². The van der Waals surface area contributed by atoms with Crippen LogP contribution >= 0.6 is 0 Å². The van der Waals surface area contributed by atoms with Crippen molar-refractivity contribution in [2.45, 2.75) is 25.8 Å². The van der Waals surface area contributed by atoms with E-state index >= 15 is 0 Å². The third-order valence-electron chi connectivity index (χ3n) is 5.70. The summed E-state index contributed by atoms with van der Waals surface area (Å²) in [5, 5.41) is 5.44. The van der Waals surface area contributed by atoms with Crippen LogP contribution in [0.5, 0.6) is 0 Å². The van der Waals surface area contributed by atoms with Gasteiger partial charge >= 0.3 is 0 Å². The van der Waals surface area contributed by atoms with E-state index in [1.54, 1.807) is 28.1 Å². The molecular weight excluding hydrogens is 332 g/mol. The lowest BCUT2D eigenvalue weighted by Gasteiger charge is -2.37. The molecule has 2 saturated heterocycles. The van der Waals surface area contributed by atoms with Crippen molar-refractivity contribution >= 4 is 22.6 Å². The zero-order valence-corrected chi connectivity index (χ0v) is 14.9. The van der Waals surface area contributed by atoms with Gasteiger partial charge in [0.15, 0.2) is 0 Å². The highest BCUT2D eigenvalue weighted by molar-refractivity contribution is 5.86. The van der Waals surface area contributed by atoms with E-state index in [0.29, 0.717) is 24.9 Å². The number of hydrogen-bond donors (Lipinski definition) is 0. The van der Waals surface area contributed by atoms with Crippen molar-refractivity contribution in [3.05, 3.63) is 40.8 Å². The summed E-state index contributed by atoms with van der Waals surface area (Å²) in [6, 6.07) is 7.21. The molecular formula is C19H22N4O3. The lowest BCUT2D eigenvalue weighted by atomic mass is 9.78. The molecule has 1 atom stereocenters. The Morgan fingerprint density at radius 1 is 1.19 bits per heavy atom. The highest BCUT2D eigenvalue weighted by Gasteiger charge is 2.48. The topological polar surface area (TPSA) is 75.5 Å². The number of rotatable bonds is 2. The molecule has 0 bridgehead atoms. The molecule has 2 amide bonds. The Morgan fingerprint density at radius 3 is 2.85 bits per heavy atom. The van der Waals surface area contributed by atoms with Gasteiger partial charge in [-0.25, -0.2) is 4.68 Å². The predicted octanol–water partition coefficient (Wildman–Crippen LogP) is 0.867. The second-order valence-electron chi connectivity index (χ2n) is 7.37. The number of amides is 2. The van der Waals surface area contributed by atoms with Crippen LogP contribution in [0.4, 0.5) is 0 Å². The maximum atomic E-state index is 12.7. The van der Waals surface area contributed by atoms with E-state index in [1.165, 1.54) is 4.68 Å². The fourth-order valence-electron chi connectivity index (χ4n) is 4.20. The summed E-state index contributed by atoms with van der Waals surface area (Å²) in [6.45, 7) is 1.69. The monoisotopic (exact) mass is 354 g/mol. The third kappa shape index (κ3) is 2.67. The number of hydrogen-bond acceptors (Lipinski definition) is 4. The summed E-state index contributed by atoms with van der Waals surface area (Å²) in [4.78, 5) is 41.3. The number of likely N-dealkylation sites (tertiary alicyclic amines) is 2. The van der Waals surface area contributed by atoms with E-state index in [9.17, 15) is 14.4 Å². The van der Waals surface area contributed by atoms with Crippen LogP contribution in [0.15, 0.2) is 35.3 Å². The van der Waals surface area contributed by atoms with Crippen molar-refractivity contribution in [3.8, 4) is 0 Å². The first kappa shape index (κ1) is 16.8. The summed E-state index contributed by atoms with van der Waals surface area (Å²) in [7, 11) is 1.83. The van der Waals surface area contributed by atoms with Gasteiger partial charge in [-0.2, -0.15) is 5.10 Å². The molecule has 0 radical (unpaired) electrons. The minimum absolute atomic E-state index is 0.0935. The van der Waals surface area contributed by atoms with E-state index in [2.05, 4.69) is 5.10 Å². The Balaban J connectivity index is 1.52. The summed E-state index contributed by atoms with van der Waals surface area (Å²) < 4.78 is 1.21. The Bertz CT molecular complexity index is 938. The Labute approximate surface area is 151 Å². The van der Waals surface area contributed by atoms with Gasteiger partial charge in [-0.3, -0.25) is 14.4 Å². The van der Waals surface area contributed by atoms with Crippen molar-refractivity contribution in [1.29, 1.82) is 0 Å². The van der Waals surface area contributed by atoms with Gasteiger partial charge in [0, 0.05) is 32.1 Å². The normalized spacial score (nSPS) is 23.2. The molecule has 0 N–H and O–H groups in total. The van der Waals surface area contributed by atoms with Gasteiger partial charge in [0.05, 0.1) is 17.0 Å². The number of carbonyl (C=O) groups is 2. The molecule has 3 heterocycles. The van der Waals surface area contributed by atoms with Crippen LogP contribution in [-0.4, -0.2) is 58.1 Å². The molecule has 2 aromatic rings. The highest BCUT2D eigenvalue weighted by atomic mass is 16.2. The third-order valence-corrected chi connectivity index (χ3v) is 5.70. The lowest BCUT2D eigenvalue weighted by Crippen LogP contribution is -2.49. The van der Waals surface area contributed by atoms with Crippen LogP contribution in [-0.2, 0) is 16.1 Å². The Kier molecular flexibility index (Phi) is 4.01. The second-order valence-corrected chi connectivity index (χ2v) is 7.37. The summed E-state index contributed by atoms with van der Waals surface area (Å²) in [5.41, 5.74) is -0.705. The summed E-state index contributed by atoms with van der Waals surface area (Å²) >= 11 is 0. The molecule has 2 fully saturated rings. The van der Waals surface area contributed by atoms with E-state index in [-0.39, 0.29) is 23.9 Å². The molecule has 2 aliphatic rings. The molecule has 1 aromatic heterocycles. The first-order chi connectivity index (χ1) is 12.5. The SMILES string of the molecule is CN1CCC[C@@]2(CCN(C(=O)Cn3ncc4ccccc4c3=O)C2)C1=O. The first-order valence-corrected chi connectivity index (χ1v) is 8.98. The van der Waals surface area contributed by atoms with E-state index in [4.69, 9.17) is 0 Å². The number of aromatic nitrogens is 2. The average molecular weight is 354 g/mol. The molecule has 0 saturated carbocycles. The fraction of sp³-hybridized carbons (Fsp3) is 0.474. The van der Waals surface area contributed by atoms with Crippen molar-refractivity contribution in [1.82, 2.24) is 19.6 Å². The minimum atomic E-state index is -0.440. The smallest absolute Gasteiger partial charge is 0.275 e. The largest absolute Gasteiger partial charge is 0.345 e. The number of nitrogens with zero attached hydrogens (tertiary/aromatic N) is 4. The zero-order valence-electron chi connectivity index (χ0n) is 14.9. The molecule has 4 rings (SSSR count). The van der Waals surface area contributed by atoms with Crippen LogP contribution in [0.2, 0.25) is 0 Å². The molecule has 1 aromatic carbocycles.